The highest BCUT2D eigenvalue weighted by Gasteiger charge is 2.17. The first-order valence-electron chi connectivity index (χ1n) is 7.67. The van der Waals surface area contributed by atoms with Gasteiger partial charge in [-0.1, -0.05) is 18.2 Å². The number of nitrogens with one attached hydrogen (secondary N) is 1. The van der Waals surface area contributed by atoms with Gasteiger partial charge in [0, 0.05) is 26.1 Å². The van der Waals surface area contributed by atoms with Crippen LogP contribution in [0.2, 0.25) is 0 Å². The summed E-state index contributed by atoms with van der Waals surface area (Å²) in [5, 5.41) is 2.83. The molecule has 0 atom stereocenters. The molecule has 1 N–H and O–H groups in total. The van der Waals surface area contributed by atoms with Crippen molar-refractivity contribution in [2.75, 3.05) is 19.6 Å². The first-order chi connectivity index (χ1) is 10.1. The molecule has 1 aliphatic heterocycles. The molecule has 2 amide bonds. The maximum Gasteiger partial charge on any atom is 0.224 e. The van der Waals surface area contributed by atoms with Crippen molar-refractivity contribution in [2.45, 2.75) is 39.5 Å². The fourth-order valence-electron chi connectivity index (χ4n) is 2.59. The van der Waals surface area contributed by atoms with Crippen LogP contribution in [0.1, 0.15) is 36.0 Å². The van der Waals surface area contributed by atoms with Gasteiger partial charge in [0.25, 0.3) is 0 Å². The van der Waals surface area contributed by atoms with Gasteiger partial charge in [-0.15, -0.1) is 0 Å². The molecule has 1 aromatic carbocycles. The van der Waals surface area contributed by atoms with Gasteiger partial charge in [0.15, 0.2) is 0 Å². The zero-order valence-corrected chi connectivity index (χ0v) is 12.9. The van der Waals surface area contributed by atoms with Gasteiger partial charge in [0.2, 0.25) is 11.8 Å². The molecule has 0 aromatic heterocycles. The number of amides is 2. The van der Waals surface area contributed by atoms with Crippen molar-refractivity contribution in [2.24, 2.45) is 0 Å². The Morgan fingerprint density at radius 1 is 1.14 bits per heavy atom. The Hall–Kier alpha value is -1.84. The predicted octanol–water partition coefficient (Wildman–Crippen LogP) is 1.97. The van der Waals surface area contributed by atoms with E-state index >= 15 is 0 Å². The summed E-state index contributed by atoms with van der Waals surface area (Å²) in [6.45, 7) is 6.28. The fourth-order valence-corrected chi connectivity index (χ4v) is 2.59. The molecule has 114 valence electrons. The van der Waals surface area contributed by atoms with E-state index in [2.05, 4.69) is 12.2 Å². The van der Waals surface area contributed by atoms with E-state index in [1.165, 1.54) is 11.1 Å². The van der Waals surface area contributed by atoms with Gasteiger partial charge in [-0.05, 0) is 43.4 Å². The molecule has 21 heavy (non-hydrogen) atoms. The van der Waals surface area contributed by atoms with Gasteiger partial charge in [0.05, 0.1) is 6.42 Å². The van der Waals surface area contributed by atoms with E-state index in [9.17, 15) is 9.59 Å². The normalized spacial score (nSPS) is 14.3. The summed E-state index contributed by atoms with van der Waals surface area (Å²) >= 11 is 0. The lowest BCUT2D eigenvalue weighted by Gasteiger charge is -2.15. The molecule has 0 unspecified atom stereocenters. The lowest BCUT2D eigenvalue weighted by atomic mass is 10.0. The Bertz CT molecular complexity index is 520. The number of carbonyl (C=O) groups is 2. The average molecular weight is 288 g/mol. The number of hydrogen-bond donors (Lipinski definition) is 1. The second-order valence-corrected chi connectivity index (χ2v) is 5.78. The van der Waals surface area contributed by atoms with Crippen molar-refractivity contribution in [3.8, 4) is 0 Å². The first kappa shape index (κ1) is 15.5. The number of nitrogens with zero attached hydrogens (tertiary/aromatic N) is 1. The summed E-state index contributed by atoms with van der Waals surface area (Å²) in [5.41, 5.74) is 3.45. The maximum atomic E-state index is 11.9. The smallest absolute Gasteiger partial charge is 0.224 e. The first-order valence-corrected chi connectivity index (χ1v) is 7.67. The topological polar surface area (TPSA) is 49.4 Å². The Kier molecular flexibility index (Phi) is 5.37. The lowest BCUT2D eigenvalue weighted by molar-refractivity contribution is -0.130. The SMILES string of the molecule is Cc1ccc(CC(=O)NCCC(=O)N2CCCC2)cc1C. The van der Waals surface area contributed by atoms with Crippen LogP contribution in [0.5, 0.6) is 0 Å². The van der Waals surface area contributed by atoms with E-state index in [0.29, 0.717) is 19.4 Å². The lowest BCUT2D eigenvalue weighted by Crippen LogP contribution is -2.33. The molecular formula is C17H24N2O2. The summed E-state index contributed by atoms with van der Waals surface area (Å²) in [7, 11) is 0. The monoisotopic (exact) mass is 288 g/mol. The summed E-state index contributed by atoms with van der Waals surface area (Å²) in [6, 6.07) is 6.07. The van der Waals surface area contributed by atoms with E-state index in [1.54, 1.807) is 0 Å². The fraction of sp³-hybridized carbons (Fsp3) is 0.529. The van der Waals surface area contributed by atoms with Crippen LogP contribution in [-0.2, 0) is 16.0 Å². The zero-order valence-electron chi connectivity index (χ0n) is 12.9. The maximum absolute atomic E-state index is 11.9. The van der Waals surface area contributed by atoms with Crippen molar-refractivity contribution in [3.63, 3.8) is 0 Å². The predicted molar refractivity (Wildman–Crippen MR) is 83.1 cm³/mol. The second kappa shape index (κ2) is 7.25. The van der Waals surface area contributed by atoms with Crippen LogP contribution in [0.15, 0.2) is 18.2 Å². The van der Waals surface area contributed by atoms with Crippen molar-refractivity contribution >= 4 is 11.8 Å². The summed E-state index contributed by atoms with van der Waals surface area (Å²) in [6.07, 6.45) is 2.98. The molecular weight excluding hydrogens is 264 g/mol. The summed E-state index contributed by atoms with van der Waals surface area (Å²) in [5.74, 6) is 0.131. The Labute approximate surface area is 126 Å². The molecule has 1 aliphatic rings. The van der Waals surface area contributed by atoms with Crippen LogP contribution in [0.3, 0.4) is 0 Å². The highest BCUT2D eigenvalue weighted by atomic mass is 16.2. The third-order valence-electron chi connectivity index (χ3n) is 4.06. The third-order valence-corrected chi connectivity index (χ3v) is 4.06. The summed E-state index contributed by atoms with van der Waals surface area (Å²) in [4.78, 5) is 25.6. The molecule has 1 aromatic rings. The van der Waals surface area contributed by atoms with E-state index in [0.717, 1.165) is 31.5 Å². The molecule has 1 heterocycles. The van der Waals surface area contributed by atoms with Crippen molar-refractivity contribution < 1.29 is 9.59 Å². The number of likely N-dealkylation sites (tertiary alicyclic amines) is 1. The van der Waals surface area contributed by atoms with Crippen molar-refractivity contribution in [3.05, 3.63) is 34.9 Å². The average Bonchev–Trinajstić information content (AvgIpc) is 2.97. The van der Waals surface area contributed by atoms with Gasteiger partial charge in [0.1, 0.15) is 0 Å². The quantitative estimate of drug-likeness (QED) is 0.900. The molecule has 0 bridgehead atoms. The number of carbonyl (C=O) groups excluding carboxylic acids is 2. The number of benzene rings is 1. The summed E-state index contributed by atoms with van der Waals surface area (Å²) < 4.78 is 0. The Morgan fingerprint density at radius 3 is 2.52 bits per heavy atom. The molecule has 1 fully saturated rings. The number of rotatable bonds is 5. The Morgan fingerprint density at radius 2 is 1.86 bits per heavy atom. The molecule has 4 nitrogen and oxygen atoms in total. The number of hydrogen-bond acceptors (Lipinski definition) is 2. The third kappa shape index (κ3) is 4.59. The molecule has 4 heteroatoms. The molecule has 2 rings (SSSR count). The molecule has 0 spiro atoms. The van der Waals surface area contributed by atoms with E-state index in [4.69, 9.17) is 0 Å². The van der Waals surface area contributed by atoms with Gasteiger partial charge in [-0.2, -0.15) is 0 Å². The van der Waals surface area contributed by atoms with Crippen LogP contribution in [0.25, 0.3) is 0 Å². The van der Waals surface area contributed by atoms with Crippen LogP contribution >= 0.6 is 0 Å². The van der Waals surface area contributed by atoms with E-state index in [1.807, 2.05) is 30.0 Å². The molecule has 0 saturated carbocycles. The van der Waals surface area contributed by atoms with Crippen molar-refractivity contribution in [1.82, 2.24) is 10.2 Å². The van der Waals surface area contributed by atoms with Crippen LogP contribution in [0.4, 0.5) is 0 Å². The highest BCUT2D eigenvalue weighted by Crippen LogP contribution is 2.10. The Balaban J connectivity index is 1.71. The van der Waals surface area contributed by atoms with E-state index in [-0.39, 0.29) is 11.8 Å². The second-order valence-electron chi connectivity index (χ2n) is 5.78. The minimum absolute atomic E-state index is 0.0209. The van der Waals surface area contributed by atoms with Gasteiger partial charge in [-0.25, -0.2) is 0 Å². The van der Waals surface area contributed by atoms with Gasteiger partial charge < -0.3 is 10.2 Å². The minimum atomic E-state index is -0.0209. The van der Waals surface area contributed by atoms with Crippen LogP contribution < -0.4 is 5.32 Å². The molecule has 0 radical (unpaired) electrons. The molecule has 0 aliphatic carbocycles. The van der Waals surface area contributed by atoms with Crippen LogP contribution in [-0.4, -0.2) is 36.3 Å². The standard InChI is InChI=1S/C17H24N2O2/c1-13-5-6-15(11-14(13)2)12-16(20)18-8-7-17(21)19-9-3-4-10-19/h5-6,11H,3-4,7-10,12H2,1-2H3,(H,18,20). The van der Waals surface area contributed by atoms with Crippen molar-refractivity contribution in [1.29, 1.82) is 0 Å². The largest absolute Gasteiger partial charge is 0.355 e. The number of aryl methyl sites for hydroxylation is 2. The van der Waals surface area contributed by atoms with E-state index < -0.39 is 0 Å². The van der Waals surface area contributed by atoms with Crippen LogP contribution in [0, 0.1) is 13.8 Å². The zero-order chi connectivity index (χ0) is 15.2. The molecule has 1 saturated heterocycles. The highest BCUT2D eigenvalue weighted by molar-refractivity contribution is 5.80. The minimum Gasteiger partial charge on any atom is -0.355 e. The van der Waals surface area contributed by atoms with Gasteiger partial charge in [-0.3, -0.25) is 9.59 Å². The van der Waals surface area contributed by atoms with Gasteiger partial charge >= 0.3 is 0 Å².